The Labute approximate surface area is 425 Å². The third-order valence-corrected chi connectivity index (χ3v) is 14.9. The molecule has 0 saturated carbocycles. The van der Waals surface area contributed by atoms with Crippen LogP contribution >= 0.6 is 0 Å². The Morgan fingerprint density at radius 1 is 0.380 bits per heavy atom. The van der Waals surface area contributed by atoms with Crippen LogP contribution in [0.15, 0.2) is 169 Å². The normalized spacial score (nSPS) is 14.3. The van der Waals surface area contributed by atoms with Crippen LogP contribution < -0.4 is 14.5 Å². The van der Waals surface area contributed by atoms with Gasteiger partial charge in [0, 0.05) is 73.5 Å². The smallest absolute Gasteiger partial charge is 0.137 e. The number of fused-ring (bicyclic) bond motifs is 3. The minimum Gasteiger partial charge on any atom is -0.457 e. The Kier molecular flexibility index (Phi) is 12.3. The summed E-state index contributed by atoms with van der Waals surface area (Å²) in [5.74, 6) is 2.43. The summed E-state index contributed by atoms with van der Waals surface area (Å²) in [7, 11) is 0. The van der Waals surface area contributed by atoms with Gasteiger partial charge in [-0.1, -0.05) is 190 Å². The standard InChI is InChI=1S/C66H76N4O/c1-61(2,3)48-36-49(62(4,5)6)38-51(37-48)69-43-68(59(63(7,8)9)60(69)64(10,11)12)50-28-23-29-52(41-50)71-53-31-32-54-55-39-46(65(13,14)44-24-19-17-20-25-44)30-33-56(55)70(57(54)42-53)58-40-47(34-35-67-58)66(15,16)45-26-21-18-22-27-45/h17-42H,43H2,1-16H3. The second kappa shape index (κ2) is 17.6. The lowest BCUT2D eigenvalue weighted by Gasteiger charge is -2.35. The molecule has 6 aromatic carbocycles. The van der Waals surface area contributed by atoms with Gasteiger partial charge in [-0.05, 0) is 105 Å². The maximum Gasteiger partial charge on any atom is 0.137 e. The molecule has 1 aliphatic rings. The molecule has 1 aliphatic heterocycles. The highest BCUT2D eigenvalue weighted by molar-refractivity contribution is 6.10. The molecule has 0 unspecified atom stereocenters. The lowest BCUT2D eigenvalue weighted by molar-refractivity contribution is 0.444. The van der Waals surface area contributed by atoms with Crippen LogP contribution in [0, 0.1) is 10.8 Å². The molecule has 0 atom stereocenters. The predicted molar refractivity (Wildman–Crippen MR) is 302 cm³/mol. The minimum atomic E-state index is -0.238. The van der Waals surface area contributed by atoms with Crippen molar-refractivity contribution in [3.8, 4) is 17.3 Å². The molecule has 0 spiro atoms. The summed E-state index contributed by atoms with van der Waals surface area (Å²) in [5.41, 5.74) is 14.1. The number of allylic oxidation sites excluding steroid dienone is 2. The van der Waals surface area contributed by atoms with Crippen LogP contribution in [0.5, 0.6) is 11.5 Å². The molecule has 0 fully saturated rings. The molecule has 0 bridgehead atoms. The van der Waals surface area contributed by atoms with Gasteiger partial charge in [0.25, 0.3) is 0 Å². The van der Waals surface area contributed by atoms with Crippen LogP contribution in [0.4, 0.5) is 11.4 Å². The molecule has 71 heavy (non-hydrogen) atoms. The van der Waals surface area contributed by atoms with Crippen molar-refractivity contribution in [2.24, 2.45) is 10.8 Å². The average molecular weight is 941 g/mol. The highest BCUT2D eigenvalue weighted by atomic mass is 16.5. The number of benzene rings is 6. The highest BCUT2D eigenvalue weighted by Crippen LogP contribution is 2.49. The lowest BCUT2D eigenvalue weighted by Crippen LogP contribution is -2.31. The Balaban J connectivity index is 1.15. The maximum absolute atomic E-state index is 6.99. The molecule has 0 aliphatic carbocycles. The Hall–Kier alpha value is -6.59. The van der Waals surface area contributed by atoms with E-state index < -0.39 is 0 Å². The number of pyridine rings is 1. The van der Waals surface area contributed by atoms with Gasteiger partial charge in [-0.2, -0.15) is 0 Å². The highest BCUT2D eigenvalue weighted by Gasteiger charge is 2.42. The topological polar surface area (TPSA) is 33.5 Å². The summed E-state index contributed by atoms with van der Waals surface area (Å²) in [4.78, 5) is 10.2. The largest absolute Gasteiger partial charge is 0.457 e. The van der Waals surface area contributed by atoms with E-state index in [1.807, 2.05) is 6.20 Å². The van der Waals surface area contributed by atoms with Gasteiger partial charge in [0.2, 0.25) is 0 Å². The summed E-state index contributed by atoms with van der Waals surface area (Å²) in [6.07, 6.45) is 1.96. The van der Waals surface area contributed by atoms with Gasteiger partial charge in [0.1, 0.15) is 17.3 Å². The molecule has 5 heteroatoms. The first-order valence-corrected chi connectivity index (χ1v) is 25.6. The monoisotopic (exact) mass is 941 g/mol. The molecule has 9 rings (SSSR count). The SMILES string of the molecule is CC(C)(C)C1=C(C(C)(C)C)N(c2cc(C(C)(C)C)cc(C(C)(C)C)c2)CN1c1cccc(Oc2ccc3c4cc(C(C)(C)c5ccccc5)ccc4n(-c4cc(C(C)(C)c5ccccc5)ccn4)c3c2)c1. The van der Waals surface area contributed by atoms with Crippen molar-refractivity contribution in [1.29, 1.82) is 0 Å². The molecule has 2 aromatic heterocycles. The molecule has 5 nitrogen and oxygen atoms in total. The lowest BCUT2D eigenvalue weighted by atomic mass is 9.78. The minimum absolute atomic E-state index is 0.000997. The van der Waals surface area contributed by atoms with Gasteiger partial charge in [-0.25, -0.2) is 4.98 Å². The van der Waals surface area contributed by atoms with Crippen molar-refractivity contribution in [1.82, 2.24) is 9.55 Å². The van der Waals surface area contributed by atoms with E-state index in [0.717, 1.165) is 39.4 Å². The van der Waals surface area contributed by atoms with Gasteiger partial charge >= 0.3 is 0 Å². The van der Waals surface area contributed by atoms with Gasteiger partial charge in [-0.15, -0.1) is 0 Å². The van der Waals surface area contributed by atoms with Crippen molar-refractivity contribution in [2.45, 2.75) is 132 Å². The van der Waals surface area contributed by atoms with Crippen molar-refractivity contribution in [3.63, 3.8) is 0 Å². The quantitative estimate of drug-likeness (QED) is 0.144. The summed E-state index contributed by atoms with van der Waals surface area (Å²) in [6.45, 7) is 38.0. The van der Waals surface area contributed by atoms with Gasteiger partial charge in [-0.3, -0.25) is 4.57 Å². The van der Waals surface area contributed by atoms with Crippen LogP contribution in [-0.2, 0) is 21.7 Å². The van der Waals surface area contributed by atoms with E-state index in [-0.39, 0.29) is 32.5 Å². The summed E-state index contributed by atoms with van der Waals surface area (Å²) < 4.78 is 9.31. The van der Waals surface area contributed by atoms with Crippen LogP contribution in [-0.4, -0.2) is 16.2 Å². The predicted octanol–water partition coefficient (Wildman–Crippen LogP) is 17.8. The third kappa shape index (κ3) is 9.41. The van der Waals surface area contributed by atoms with Crippen molar-refractivity contribution >= 4 is 33.2 Å². The molecule has 0 N–H and O–H groups in total. The van der Waals surface area contributed by atoms with Gasteiger partial charge in [0.05, 0.1) is 17.7 Å². The number of ether oxygens (including phenoxy) is 1. The summed E-state index contributed by atoms with van der Waals surface area (Å²) in [5, 5.41) is 2.33. The number of aromatic nitrogens is 2. The Morgan fingerprint density at radius 2 is 0.915 bits per heavy atom. The Bertz CT molecular complexity index is 3260. The van der Waals surface area contributed by atoms with Crippen molar-refractivity contribution in [2.75, 3.05) is 16.5 Å². The zero-order valence-electron chi connectivity index (χ0n) is 45.4. The molecule has 0 saturated heterocycles. The first-order valence-electron chi connectivity index (χ1n) is 25.6. The number of anilines is 2. The second-order valence-corrected chi connectivity index (χ2v) is 25.2. The number of hydrogen-bond acceptors (Lipinski definition) is 4. The first-order chi connectivity index (χ1) is 33.2. The average Bonchev–Trinajstić information content (AvgIpc) is 3.90. The second-order valence-electron chi connectivity index (χ2n) is 25.2. The summed E-state index contributed by atoms with van der Waals surface area (Å²) >= 11 is 0. The zero-order valence-corrected chi connectivity index (χ0v) is 45.4. The maximum atomic E-state index is 6.99. The fourth-order valence-corrected chi connectivity index (χ4v) is 10.6. The third-order valence-electron chi connectivity index (χ3n) is 14.9. The van der Waals surface area contributed by atoms with Gasteiger partial charge in [0.15, 0.2) is 0 Å². The van der Waals surface area contributed by atoms with E-state index >= 15 is 0 Å². The number of rotatable bonds is 9. The van der Waals surface area contributed by atoms with E-state index in [1.54, 1.807) is 0 Å². The van der Waals surface area contributed by atoms with E-state index in [2.05, 4.69) is 277 Å². The summed E-state index contributed by atoms with van der Waals surface area (Å²) in [6, 6.07) is 55.5. The molecule has 0 amide bonds. The van der Waals surface area contributed by atoms with Crippen LogP contribution in [0.1, 0.15) is 144 Å². The fraction of sp³-hybridized carbons (Fsp3) is 0.348. The Morgan fingerprint density at radius 3 is 1.46 bits per heavy atom. The molecular formula is C66H76N4O. The number of hydrogen-bond donors (Lipinski definition) is 0. The molecule has 8 aromatic rings. The molecular weight excluding hydrogens is 865 g/mol. The zero-order chi connectivity index (χ0) is 51.1. The molecule has 366 valence electrons. The first kappa shape index (κ1) is 49.4. The van der Waals surface area contributed by atoms with E-state index in [9.17, 15) is 0 Å². The van der Waals surface area contributed by atoms with E-state index in [1.165, 1.54) is 55.8 Å². The van der Waals surface area contributed by atoms with E-state index in [0.29, 0.717) is 6.67 Å². The molecule has 3 heterocycles. The van der Waals surface area contributed by atoms with Crippen molar-refractivity contribution < 1.29 is 4.74 Å². The van der Waals surface area contributed by atoms with Crippen LogP contribution in [0.25, 0.3) is 27.6 Å². The fourth-order valence-electron chi connectivity index (χ4n) is 10.6. The van der Waals surface area contributed by atoms with E-state index in [4.69, 9.17) is 9.72 Å². The molecule has 0 radical (unpaired) electrons. The van der Waals surface area contributed by atoms with Crippen LogP contribution in [0.2, 0.25) is 0 Å². The number of nitrogens with zero attached hydrogens (tertiary/aromatic N) is 4. The van der Waals surface area contributed by atoms with Gasteiger partial charge < -0.3 is 14.5 Å². The van der Waals surface area contributed by atoms with Crippen LogP contribution in [0.3, 0.4) is 0 Å². The van der Waals surface area contributed by atoms with Crippen molar-refractivity contribution in [3.05, 3.63) is 203 Å².